The van der Waals surface area contributed by atoms with Gasteiger partial charge in [0.05, 0.1) is 12.5 Å². The zero-order valence-electron chi connectivity index (χ0n) is 10.8. The highest BCUT2D eigenvalue weighted by Gasteiger charge is 2.22. The van der Waals surface area contributed by atoms with Crippen LogP contribution in [-0.4, -0.2) is 0 Å². The standard InChI is InChI=1S/C16H19N/c1-11-7-8-14(9-10-17)16-12(2)5-4-6-15(16)13(11)3/h4-6,8,11,13H,7,9H2,1-3H3. The van der Waals surface area contributed by atoms with Gasteiger partial charge in [-0.1, -0.05) is 38.1 Å². The maximum atomic E-state index is 8.97. The van der Waals surface area contributed by atoms with E-state index in [2.05, 4.69) is 51.1 Å². The fourth-order valence-electron chi connectivity index (χ4n) is 2.70. The number of allylic oxidation sites excluding steroid dienone is 2. The van der Waals surface area contributed by atoms with Crippen molar-refractivity contribution in [1.82, 2.24) is 0 Å². The fourth-order valence-corrected chi connectivity index (χ4v) is 2.70. The van der Waals surface area contributed by atoms with Crippen molar-refractivity contribution in [1.29, 1.82) is 5.26 Å². The molecule has 2 atom stereocenters. The van der Waals surface area contributed by atoms with Crippen molar-refractivity contribution < 1.29 is 0 Å². The molecule has 1 aromatic rings. The van der Waals surface area contributed by atoms with E-state index in [1.807, 2.05) is 0 Å². The molecule has 0 N–H and O–H groups in total. The van der Waals surface area contributed by atoms with Crippen LogP contribution in [-0.2, 0) is 0 Å². The smallest absolute Gasteiger partial charge is 0.0669 e. The van der Waals surface area contributed by atoms with Crippen LogP contribution in [0.25, 0.3) is 5.57 Å². The van der Waals surface area contributed by atoms with E-state index in [0.29, 0.717) is 18.3 Å². The third kappa shape index (κ3) is 2.13. The first-order chi connectivity index (χ1) is 8.15. The number of aryl methyl sites for hydroxylation is 1. The van der Waals surface area contributed by atoms with E-state index in [0.717, 1.165) is 6.42 Å². The fraction of sp³-hybridized carbons (Fsp3) is 0.438. The van der Waals surface area contributed by atoms with E-state index in [1.165, 1.54) is 22.3 Å². The van der Waals surface area contributed by atoms with E-state index >= 15 is 0 Å². The Kier molecular flexibility index (Phi) is 3.33. The van der Waals surface area contributed by atoms with Gasteiger partial charge < -0.3 is 0 Å². The average Bonchev–Trinajstić information content (AvgIpc) is 2.43. The quantitative estimate of drug-likeness (QED) is 0.693. The van der Waals surface area contributed by atoms with Gasteiger partial charge in [0.1, 0.15) is 0 Å². The maximum Gasteiger partial charge on any atom is 0.0669 e. The Balaban J connectivity index is 2.61. The predicted octanol–water partition coefficient (Wildman–Crippen LogP) is 4.44. The van der Waals surface area contributed by atoms with Gasteiger partial charge >= 0.3 is 0 Å². The Morgan fingerprint density at radius 3 is 2.82 bits per heavy atom. The summed E-state index contributed by atoms with van der Waals surface area (Å²) in [6.45, 7) is 6.74. The summed E-state index contributed by atoms with van der Waals surface area (Å²) in [5, 5.41) is 8.97. The van der Waals surface area contributed by atoms with Crippen LogP contribution in [0.4, 0.5) is 0 Å². The summed E-state index contributed by atoms with van der Waals surface area (Å²) in [5.74, 6) is 1.21. The molecule has 1 aromatic carbocycles. The van der Waals surface area contributed by atoms with E-state index < -0.39 is 0 Å². The van der Waals surface area contributed by atoms with Crippen molar-refractivity contribution in [3.8, 4) is 6.07 Å². The highest BCUT2D eigenvalue weighted by atomic mass is 14.3. The monoisotopic (exact) mass is 225 g/mol. The van der Waals surface area contributed by atoms with Gasteiger partial charge in [0.2, 0.25) is 0 Å². The van der Waals surface area contributed by atoms with Crippen LogP contribution >= 0.6 is 0 Å². The van der Waals surface area contributed by atoms with E-state index in [1.54, 1.807) is 0 Å². The second-order valence-electron chi connectivity index (χ2n) is 5.11. The van der Waals surface area contributed by atoms with Crippen molar-refractivity contribution in [2.24, 2.45) is 5.92 Å². The summed E-state index contributed by atoms with van der Waals surface area (Å²) < 4.78 is 0. The summed E-state index contributed by atoms with van der Waals surface area (Å²) >= 11 is 0. The van der Waals surface area contributed by atoms with Crippen LogP contribution in [0.1, 0.15) is 49.3 Å². The minimum absolute atomic E-state index is 0.525. The Labute approximate surface area is 104 Å². The molecule has 1 aliphatic rings. The van der Waals surface area contributed by atoms with E-state index in [9.17, 15) is 0 Å². The van der Waals surface area contributed by atoms with Crippen molar-refractivity contribution >= 4 is 5.57 Å². The molecule has 17 heavy (non-hydrogen) atoms. The molecule has 88 valence electrons. The van der Waals surface area contributed by atoms with Gasteiger partial charge in [0.25, 0.3) is 0 Å². The molecule has 0 fully saturated rings. The molecule has 1 aliphatic carbocycles. The lowest BCUT2D eigenvalue weighted by Crippen LogP contribution is -2.06. The first-order valence-corrected chi connectivity index (χ1v) is 6.31. The number of rotatable bonds is 1. The van der Waals surface area contributed by atoms with Crippen molar-refractivity contribution in [3.63, 3.8) is 0 Å². The molecule has 0 bridgehead atoms. The number of hydrogen-bond donors (Lipinski definition) is 0. The summed E-state index contributed by atoms with van der Waals surface area (Å²) in [4.78, 5) is 0. The predicted molar refractivity (Wildman–Crippen MR) is 71.6 cm³/mol. The van der Waals surface area contributed by atoms with Gasteiger partial charge in [-0.25, -0.2) is 0 Å². The molecule has 0 spiro atoms. The summed E-state index contributed by atoms with van der Waals surface area (Å²) in [5.41, 5.74) is 5.25. The molecule has 2 rings (SSSR count). The lowest BCUT2D eigenvalue weighted by molar-refractivity contribution is 0.497. The first-order valence-electron chi connectivity index (χ1n) is 6.31. The summed E-state index contributed by atoms with van der Waals surface area (Å²) in [7, 11) is 0. The zero-order chi connectivity index (χ0) is 12.4. The largest absolute Gasteiger partial charge is 0.198 e. The van der Waals surface area contributed by atoms with Crippen LogP contribution in [0.5, 0.6) is 0 Å². The maximum absolute atomic E-state index is 8.97. The Morgan fingerprint density at radius 1 is 1.35 bits per heavy atom. The molecule has 1 nitrogen and oxygen atoms in total. The Bertz CT molecular complexity index is 491. The van der Waals surface area contributed by atoms with Crippen molar-refractivity contribution in [3.05, 3.63) is 41.0 Å². The Morgan fingerprint density at radius 2 is 2.12 bits per heavy atom. The minimum atomic E-state index is 0.525. The lowest BCUT2D eigenvalue weighted by Gasteiger charge is -2.20. The average molecular weight is 225 g/mol. The molecule has 0 radical (unpaired) electrons. The molecule has 0 aliphatic heterocycles. The van der Waals surface area contributed by atoms with Gasteiger partial charge in [0.15, 0.2) is 0 Å². The van der Waals surface area contributed by atoms with E-state index in [-0.39, 0.29) is 0 Å². The molecular formula is C16H19N. The second-order valence-corrected chi connectivity index (χ2v) is 5.11. The minimum Gasteiger partial charge on any atom is -0.198 e. The van der Waals surface area contributed by atoms with Crippen LogP contribution in [0.2, 0.25) is 0 Å². The number of fused-ring (bicyclic) bond motifs is 1. The first kappa shape index (κ1) is 11.9. The molecule has 0 amide bonds. The van der Waals surface area contributed by atoms with Gasteiger partial charge in [-0.15, -0.1) is 0 Å². The number of nitriles is 1. The van der Waals surface area contributed by atoms with Gasteiger partial charge in [-0.2, -0.15) is 5.26 Å². The molecule has 2 unspecified atom stereocenters. The highest BCUT2D eigenvalue weighted by molar-refractivity contribution is 5.73. The SMILES string of the molecule is Cc1cccc2c1C(CC#N)=CCC(C)C2C. The molecule has 0 heterocycles. The molecular weight excluding hydrogens is 206 g/mol. The third-order valence-corrected chi connectivity index (χ3v) is 3.98. The molecule has 1 heteroatoms. The second kappa shape index (κ2) is 4.75. The third-order valence-electron chi connectivity index (χ3n) is 3.98. The normalized spacial score (nSPS) is 23.3. The van der Waals surface area contributed by atoms with Crippen LogP contribution in [0.15, 0.2) is 24.3 Å². The van der Waals surface area contributed by atoms with Crippen LogP contribution in [0.3, 0.4) is 0 Å². The zero-order valence-corrected chi connectivity index (χ0v) is 10.8. The molecule has 0 aromatic heterocycles. The number of benzene rings is 1. The van der Waals surface area contributed by atoms with Crippen LogP contribution in [0, 0.1) is 24.2 Å². The number of nitrogens with zero attached hydrogens (tertiary/aromatic N) is 1. The highest BCUT2D eigenvalue weighted by Crippen LogP contribution is 2.38. The van der Waals surface area contributed by atoms with Gasteiger partial charge in [-0.05, 0) is 47.4 Å². The van der Waals surface area contributed by atoms with Crippen LogP contribution < -0.4 is 0 Å². The lowest BCUT2D eigenvalue weighted by atomic mass is 9.84. The molecule has 0 saturated carbocycles. The van der Waals surface area contributed by atoms with E-state index in [4.69, 9.17) is 5.26 Å². The van der Waals surface area contributed by atoms with Gasteiger partial charge in [-0.3, -0.25) is 0 Å². The van der Waals surface area contributed by atoms with Crippen molar-refractivity contribution in [2.75, 3.05) is 0 Å². The molecule has 0 saturated heterocycles. The van der Waals surface area contributed by atoms with Crippen molar-refractivity contribution in [2.45, 2.75) is 39.5 Å². The summed E-state index contributed by atoms with van der Waals surface area (Å²) in [6.07, 6.45) is 3.87. The van der Waals surface area contributed by atoms with Gasteiger partial charge in [0, 0.05) is 0 Å². The topological polar surface area (TPSA) is 23.8 Å². The Hall–Kier alpha value is -1.55. The summed E-state index contributed by atoms with van der Waals surface area (Å²) in [6, 6.07) is 8.79. The number of hydrogen-bond acceptors (Lipinski definition) is 1.